The Morgan fingerprint density at radius 1 is 1.03 bits per heavy atom. The van der Waals surface area contributed by atoms with E-state index in [1.807, 2.05) is 29.2 Å². The molecule has 198 valence electrons. The van der Waals surface area contributed by atoms with Crippen molar-refractivity contribution in [2.45, 2.75) is 31.8 Å². The zero-order valence-electron chi connectivity index (χ0n) is 20.9. The van der Waals surface area contributed by atoms with Gasteiger partial charge in [0.05, 0.1) is 10.6 Å². The maximum atomic E-state index is 13.2. The molecule has 5 rings (SSSR count). The number of anilines is 1. The van der Waals surface area contributed by atoms with Crippen molar-refractivity contribution < 1.29 is 14.7 Å². The van der Waals surface area contributed by atoms with Gasteiger partial charge in [-0.2, -0.15) is 0 Å². The molecule has 11 heteroatoms. The van der Waals surface area contributed by atoms with Crippen molar-refractivity contribution in [2.75, 3.05) is 25.0 Å². The Kier molecular flexibility index (Phi) is 6.98. The molecule has 0 atom stereocenters. The van der Waals surface area contributed by atoms with Gasteiger partial charge in [-0.1, -0.05) is 41.9 Å². The van der Waals surface area contributed by atoms with Gasteiger partial charge in [0.15, 0.2) is 0 Å². The Morgan fingerprint density at radius 3 is 2.53 bits per heavy atom. The maximum absolute atomic E-state index is 13.2. The average molecular weight is 538 g/mol. The first-order valence-electron chi connectivity index (χ1n) is 12.5. The fourth-order valence-corrected chi connectivity index (χ4v) is 5.34. The molecule has 10 nitrogen and oxygen atoms in total. The molecule has 2 aliphatic rings. The molecule has 38 heavy (non-hydrogen) atoms. The number of hydrogen-bond acceptors (Lipinski definition) is 5. The maximum Gasteiger partial charge on any atom is 0.331 e. The molecular weight excluding hydrogens is 510 g/mol. The number of nitrogens with one attached hydrogen (secondary N) is 1. The predicted octanol–water partition coefficient (Wildman–Crippen LogP) is 2.65. The summed E-state index contributed by atoms with van der Waals surface area (Å²) in [5, 5.41) is 13.4. The van der Waals surface area contributed by atoms with Crippen molar-refractivity contribution in [3.63, 3.8) is 0 Å². The van der Waals surface area contributed by atoms with Crippen LogP contribution in [0.25, 0.3) is 11.1 Å². The number of fused-ring (bicyclic) bond motifs is 1. The lowest BCUT2D eigenvalue weighted by molar-refractivity contribution is -0.133. The van der Waals surface area contributed by atoms with Crippen LogP contribution in [0.1, 0.15) is 18.4 Å². The summed E-state index contributed by atoms with van der Waals surface area (Å²) in [7, 11) is 1.33. The monoisotopic (exact) mass is 537 g/mol. The molecule has 0 aliphatic carbocycles. The minimum absolute atomic E-state index is 0.00559. The number of phenolic OH excluding ortho intramolecular Hbond substituents is 1. The van der Waals surface area contributed by atoms with Gasteiger partial charge in [-0.05, 0) is 37.0 Å². The van der Waals surface area contributed by atoms with E-state index in [1.54, 1.807) is 11.0 Å². The van der Waals surface area contributed by atoms with E-state index < -0.39 is 11.2 Å². The SMILES string of the molecule is Cn1c(=O)c(-c2cccc(Cl)c2O)cn(CC(=O)N2CCC(N3CCc4ccccc4NC3=O)CC2)c1=O. The molecule has 0 spiro atoms. The van der Waals surface area contributed by atoms with Gasteiger partial charge in [0.1, 0.15) is 12.3 Å². The number of benzene rings is 2. The molecule has 2 aromatic carbocycles. The molecule has 1 saturated heterocycles. The van der Waals surface area contributed by atoms with Gasteiger partial charge >= 0.3 is 11.7 Å². The van der Waals surface area contributed by atoms with Crippen molar-refractivity contribution in [3.05, 3.63) is 80.1 Å². The van der Waals surface area contributed by atoms with Crippen LogP contribution in [-0.2, 0) is 24.8 Å². The third kappa shape index (κ3) is 4.79. The average Bonchev–Trinajstić information content (AvgIpc) is 3.09. The summed E-state index contributed by atoms with van der Waals surface area (Å²) in [5.41, 5.74) is 0.939. The Bertz CT molecular complexity index is 1520. The van der Waals surface area contributed by atoms with Gasteiger partial charge in [-0.25, -0.2) is 9.59 Å². The van der Waals surface area contributed by atoms with Crippen LogP contribution in [0.2, 0.25) is 5.02 Å². The number of likely N-dealkylation sites (tertiary alicyclic amines) is 1. The lowest BCUT2D eigenvalue weighted by atomic mass is 10.0. The van der Waals surface area contributed by atoms with Gasteiger partial charge in [0.2, 0.25) is 5.91 Å². The number of carbonyl (C=O) groups excluding carboxylic acids is 2. The highest BCUT2D eigenvalue weighted by Gasteiger charge is 2.31. The molecule has 3 aromatic rings. The lowest BCUT2D eigenvalue weighted by Gasteiger charge is -2.38. The molecule has 3 heterocycles. The number of amides is 3. The number of phenols is 1. The minimum Gasteiger partial charge on any atom is -0.506 e. The van der Waals surface area contributed by atoms with E-state index in [0.717, 1.165) is 22.2 Å². The van der Waals surface area contributed by atoms with Crippen LogP contribution >= 0.6 is 11.6 Å². The van der Waals surface area contributed by atoms with Crippen molar-refractivity contribution >= 4 is 29.2 Å². The Morgan fingerprint density at radius 2 is 1.76 bits per heavy atom. The van der Waals surface area contributed by atoms with E-state index in [0.29, 0.717) is 32.5 Å². The molecule has 1 fully saturated rings. The molecule has 0 bridgehead atoms. The van der Waals surface area contributed by atoms with E-state index in [2.05, 4.69) is 5.32 Å². The van der Waals surface area contributed by atoms with Crippen LogP contribution in [0.15, 0.2) is 58.3 Å². The van der Waals surface area contributed by atoms with E-state index in [-0.39, 0.29) is 46.4 Å². The van der Waals surface area contributed by atoms with Gasteiger partial charge in [0.25, 0.3) is 5.56 Å². The zero-order chi connectivity index (χ0) is 27.0. The van der Waals surface area contributed by atoms with Crippen LogP contribution in [-0.4, -0.2) is 61.7 Å². The summed E-state index contributed by atoms with van der Waals surface area (Å²) in [6.07, 6.45) is 3.30. The number of para-hydroxylation sites is 2. The number of hydrogen-bond donors (Lipinski definition) is 2. The number of carbonyl (C=O) groups is 2. The van der Waals surface area contributed by atoms with Gasteiger partial charge in [0, 0.05) is 50.2 Å². The van der Waals surface area contributed by atoms with E-state index in [1.165, 1.54) is 29.9 Å². The number of piperidine rings is 1. The standard InChI is InChI=1S/C27H28ClN5O5/c1-30-25(36)20(19-6-4-7-21(28)24(19)35)15-32(27(30)38)16-23(34)31-12-10-18(11-13-31)33-14-9-17-5-2-3-8-22(17)29-26(33)37/h2-8,15,18,35H,9-14,16H2,1H3,(H,29,37). The van der Waals surface area contributed by atoms with Crippen molar-refractivity contribution in [1.82, 2.24) is 18.9 Å². The smallest absolute Gasteiger partial charge is 0.331 e. The van der Waals surface area contributed by atoms with Crippen molar-refractivity contribution in [2.24, 2.45) is 7.05 Å². The summed E-state index contributed by atoms with van der Waals surface area (Å²) in [4.78, 5) is 55.1. The summed E-state index contributed by atoms with van der Waals surface area (Å²) < 4.78 is 2.08. The van der Waals surface area contributed by atoms with Crippen LogP contribution in [0.5, 0.6) is 5.75 Å². The summed E-state index contributed by atoms with van der Waals surface area (Å²) in [6, 6.07) is 12.2. The molecule has 1 aromatic heterocycles. The third-order valence-corrected chi connectivity index (χ3v) is 7.64. The summed E-state index contributed by atoms with van der Waals surface area (Å²) >= 11 is 6.01. The molecule has 2 N–H and O–H groups in total. The van der Waals surface area contributed by atoms with Gasteiger partial charge in [-0.15, -0.1) is 0 Å². The second-order valence-corrected chi connectivity index (χ2v) is 10.0. The Labute approximate surface area is 223 Å². The van der Waals surface area contributed by atoms with Gasteiger partial charge < -0.3 is 20.2 Å². The fourth-order valence-electron chi connectivity index (χ4n) is 5.17. The first-order valence-corrected chi connectivity index (χ1v) is 12.8. The molecule has 2 aliphatic heterocycles. The number of urea groups is 1. The van der Waals surface area contributed by atoms with Crippen LogP contribution in [0.4, 0.5) is 10.5 Å². The highest BCUT2D eigenvalue weighted by atomic mass is 35.5. The normalized spacial score (nSPS) is 16.1. The van der Waals surface area contributed by atoms with Crippen LogP contribution < -0.4 is 16.6 Å². The van der Waals surface area contributed by atoms with E-state index in [9.17, 15) is 24.3 Å². The summed E-state index contributed by atoms with van der Waals surface area (Å²) in [5.74, 6) is -0.538. The third-order valence-electron chi connectivity index (χ3n) is 7.34. The molecule has 0 saturated carbocycles. The first kappa shape index (κ1) is 25.6. The number of rotatable bonds is 4. The number of aromatic nitrogens is 2. The van der Waals surface area contributed by atoms with Crippen molar-refractivity contribution in [3.8, 4) is 16.9 Å². The summed E-state index contributed by atoms with van der Waals surface area (Å²) in [6.45, 7) is 1.24. The Hall–Kier alpha value is -4.05. The predicted molar refractivity (Wildman–Crippen MR) is 144 cm³/mol. The largest absolute Gasteiger partial charge is 0.506 e. The molecule has 3 amide bonds. The second-order valence-electron chi connectivity index (χ2n) is 9.60. The minimum atomic E-state index is -0.635. The molecule has 0 radical (unpaired) electrons. The quantitative estimate of drug-likeness (QED) is 0.530. The fraction of sp³-hybridized carbons (Fsp3) is 0.333. The number of halogens is 1. The molecule has 0 unspecified atom stereocenters. The topological polar surface area (TPSA) is 117 Å². The number of nitrogens with zero attached hydrogens (tertiary/aromatic N) is 4. The van der Waals surface area contributed by atoms with E-state index in [4.69, 9.17) is 11.6 Å². The molecular formula is C27H28ClN5O5. The highest BCUT2D eigenvalue weighted by molar-refractivity contribution is 6.32. The van der Waals surface area contributed by atoms with Gasteiger partial charge in [-0.3, -0.25) is 18.7 Å². The van der Waals surface area contributed by atoms with Crippen LogP contribution in [0, 0.1) is 0 Å². The van der Waals surface area contributed by atoms with Crippen LogP contribution in [0.3, 0.4) is 0 Å². The second kappa shape index (κ2) is 10.4. The zero-order valence-corrected chi connectivity index (χ0v) is 21.6. The van der Waals surface area contributed by atoms with E-state index >= 15 is 0 Å². The van der Waals surface area contributed by atoms with Crippen molar-refractivity contribution in [1.29, 1.82) is 0 Å². The Balaban J connectivity index is 1.28. The highest BCUT2D eigenvalue weighted by Crippen LogP contribution is 2.33. The number of aromatic hydroxyl groups is 1. The first-order chi connectivity index (χ1) is 18.2. The lowest BCUT2D eigenvalue weighted by Crippen LogP contribution is -2.51.